The number of furan rings is 1. The maximum Gasteiger partial charge on any atom is 0.136 e. The quantitative estimate of drug-likeness (QED) is 0.377. The van der Waals surface area contributed by atoms with E-state index in [1.54, 1.807) is 0 Å². The molecule has 0 aliphatic heterocycles. The van der Waals surface area contributed by atoms with Gasteiger partial charge in [0.2, 0.25) is 0 Å². The lowest BCUT2D eigenvalue weighted by Crippen LogP contribution is -2.05. The monoisotopic (exact) mass is 300 g/mol. The molecule has 1 nitrogen and oxygen atoms in total. The van der Waals surface area contributed by atoms with Crippen molar-refractivity contribution in [2.75, 3.05) is 0 Å². The SMILES string of the molecule is c1cc(C2CCCCC2)c2c(c1)ccc1oc3ccccc3c12. The van der Waals surface area contributed by atoms with E-state index in [4.69, 9.17) is 4.42 Å². The third-order valence-electron chi connectivity index (χ3n) is 5.46. The van der Waals surface area contributed by atoms with E-state index in [1.807, 2.05) is 0 Å². The first-order valence-corrected chi connectivity index (χ1v) is 8.75. The zero-order valence-electron chi connectivity index (χ0n) is 13.2. The maximum atomic E-state index is 6.10. The molecule has 1 aliphatic carbocycles. The summed E-state index contributed by atoms with van der Waals surface area (Å²) in [5.74, 6) is 0.701. The van der Waals surface area contributed by atoms with Crippen LogP contribution in [0.3, 0.4) is 0 Å². The molecule has 0 bridgehead atoms. The van der Waals surface area contributed by atoms with Crippen molar-refractivity contribution in [3.63, 3.8) is 0 Å². The summed E-state index contributed by atoms with van der Waals surface area (Å²) in [5.41, 5.74) is 3.54. The largest absolute Gasteiger partial charge is 0.456 e. The summed E-state index contributed by atoms with van der Waals surface area (Å²) >= 11 is 0. The number of hydrogen-bond acceptors (Lipinski definition) is 1. The highest BCUT2D eigenvalue weighted by molar-refractivity contribution is 6.19. The van der Waals surface area contributed by atoms with Gasteiger partial charge in [0.05, 0.1) is 0 Å². The second-order valence-corrected chi connectivity index (χ2v) is 6.82. The van der Waals surface area contributed by atoms with Crippen LogP contribution in [0.25, 0.3) is 32.7 Å². The minimum absolute atomic E-state index is 0.701. The van der Waals surface area contributed by atoms with Gasteiger partial charge >= 0.3 is 0 Å². The van der Waals surface area contributed by atoms with Gasteiger partial charge in [-0.1, -0.05) is 61.7 Å². The average molecular weight is 300 g/mol. The van der Waals surface area contributed by atoms with Gasteiger partial charge in [-0.2, -0.15) is 0 Å². The Morgan fingerprint density at radius 1 is 0.696 bits per heavy atom. The molecule has 5 rings (SSSR count). The molecular formula is C22H20O. The lowest BCUT2D eigenvalue weighted by Gasteiger charge is -2.23. The van der Waals surface area contributed by atoms with Crippen LogP contribution >= 0.6 is 0 Å². The molecule has 0 N–H and O–H groups in total. The third-order valence-corrected chi connectivity index (χ3v) is 5.46. The Labute approximate surface area is 135 Å². The van der Waals surface area contributed by atoms with Crippen LogP contribution in [0.5, 0.6) is 0 Å². The first-order valence-electron chi connectivity index (χ1n) is 8.75. The Bertz CT molecular complexity index is 1000. The van der Waals surface area contributed by atoms with E-state index in [0.29, 0.717) is 5.92 Å². The van der Waals surface area contributed by atoms with Gasteiger partial charge in [0.25, 0.3) is 0 Å². The molecule has 114 valence electrons. The summed E-state index contributed by atoms with van der Waals surface area (Å²) in [4.78, 5) is 0. The van der Waals surface area contributed by atoms with Crippen LogP contribution in [0.2, 0.25) is 0 Å². The summed E-state index contributed by atoms with van der Waals surface area (Å²) in [5, 5.41) is 5.31. The Morgan fingerprint density at radius 2 is 1.57 bits per heavy atom. The van der Waals surface area contributed by atoms with Crippen molar-refractivity contribution < 1.29 is 4.42 Å². The fraction of sp³-hybridized carbons (Fsp3) is 0.273. The Morgan fingerprint density at radius 3 is 2.48 bits per heavy atom. The number of fused-ring (bicyclic) bond motifs is 5. The summed E-state index contributed by atoms with van der Waals surface area (Å²) in [7, 11) is 0. The molecule has 3 aromatic carbocycles. The first kappa shape index (κ1) is 13.2. The predicted molar refractivity (Wildman–Crippen MR) is 97.1 cm³/mol. The lowest BCUT2D eigenvalue weighted by atomic mass is 9.81. The van der Waals surface area contributed by atoms with Gasteiger partial charge < -0.3 is 4.42 Å². The zero-order chi connectivity index (χ0) is 15.2. The van der Waals surface area contributed by atoms with E-state index in [2.05, 4.69) is 54.6 Å². The Hall–Kier alpha value is -2.28. The number of hydrogen-bond donors (Lipinski definition) is 0. The minimum atomic E-state index is 0.701. The first-order chi connectivity index (χ1) is 11.4. The van der Waals surface area contributed by atoms with Crippen molar-refractivity contribution in [2.24, 2.45) is 0 Å². The normalized spacial score (nSPS) is 16.5. The molecule has 0 spiro atoms. The van der Waals surface area contributed by atoms with Crippen molar-refractivity contribution in [2.45, 2.75) is 38.0 Å². The van der Waals surface area contributed by atoms with Gasteiger partial charge in [0.1, 0.15) is 11.2 Å². The molecule has 1 heteroatoms. The molecule has 0 radical (unpaired) electrons. The molecular weight excluding hydrogens is 280 g/mol. The number of benzene rings is 3. The Kier molecular flexibility index (Phi) is 2.94. The highest BCUT2D eigenvalue weighted by atomic mass is 16.3. The molecule has 4 aromatic rings. The summed E-state index contributed by atoms with van der Waals surface area (Å²) < 4.78 is 6.10. The highest BCUT2D eigenvalue weighted by Crippen LogP contribution is 2.41. The molecule has 1 fully saturated rings. The van der Waals surface area contributed by atoms with E-state index in [9.17, 15) is 0 Å². The molecule has 0 atom stereocenters. The molecule has 1 saturated carbocycles. The summed E-state index contributed by atoms with van der Waals surface area (Å²) in [6.07, 6.45) is 6.77. The van der Waals surface area contributed by atoms with E-state index >= 15 is 0 Å². The van der Waals surface area contributed by atoms with E-state index < -0.39 is 0 Å². The molecule has 1 aliphatic rings. The Balaban J connectivity index is 1.91. The van der Waals surface area contributed by atoms with E-state index in [-0.39, 0.29) is 0 Å². The van der Waals surface area contributed by atoms with Gasteiger partial charge in [0, 0.05) is 10.8 Å². The molecule has 1 aromatic heterocycles. The maximum absolute atomic E-state index is 6.10. The average Bonchev–Trinajstić information content (AvgIpc) is 3.01. The molecule has 0 unspecified atom stereocenters. The topological polar surface area (TPSA) is 13.1 Å². The van der Waals surface area contributed by atoms with Crippen LogP contribution < -0.4 is 0 Å². The molecule has 0 amide bonds. The van der Waals surface area contributed by atoms with Crippen LogP contribution in [0, 0.1) is 0 Å². The van der Waals surface area contributed by atoms with Crippen molar-refractivity contribution in [1.82, 2.24) is 0 Å². The third kappa shape index (κ3) is 1.99. The predicted octanol–water partition coefficient (Wildman–Crippen LogP) is 6.79. The van der Waals surface area contributed by atoms with Crippen LogP contribution in [-0.4, -0.2) is 0 Å². The van der Waals surface area contributed by atoms with Gasteiger partial charge in [-0.25, -0.2) is 0 Å². The van der Waals surface area contributed by atoms with Gasteiger partial charge in [-0.3, -0.25) is 0 Å². The molecule has 23 heavy (non-hydrogen) atoms. The van der Waals surface area contributed by atoms with Gasteiger partial charge in [-0.05, 0) is 47.2 Å². The van der Waals surface area contributed by atoms with Gasteiger partial charge in [0.15, 0.2) is 0 Å². The highest BCUT2D eigenvalue weighted by Gasteiger charge is 2.20. The van der Waals surface area contributed by atoms with Crippen LogP contribution in [-0.2, 0) is 0 Å². The van der Waals surface area contributed by atoms with Gasteiger partial charge in [-0.15, -0.1) is 0 Å². The van der Waals surface area contributed by atoms with Crippen molar-refractivity contribution in [3.8, 4) is 0 Å². The standard InChI is InChI=1S/C22H20O/c1-2-7-15(8-3-1)17-11-6-9-16-13-14-20-22(21(16)17)18-10-4-5-12-19(18)23-20/h4-6,9-15H,1-3,7-8H2. The number of rotatable bonds is 1. The second-order valence-electron chi connectivity index (χ2n) is 6.82. The zero-order valence-corrected chi connectivity index (χ0v) is 13.2. The summed E-state index contributed by atoms with van der Waals surface area (Å²) in [6, 6.07) is 19.6. The van der Waals surface area contributed by atoms with Crippen molar-refractivity contribution >= 4 is 32.7 Å². The minimum Gasteiger partial charge on any atom is -0.456 e. The van der Waals surface area contributed by atoms with Crippen molar-refractivity contribution in [1.29, 1.82) is 0 Å². The van der Waals surface area contributed by atoms with Crippen LogP contribution in [0.4, 0.5) is 0 Å². The smallest absolute Gasteiger partial charge is 0.136 e. The molecule has 0 saturated heterocycles. The fourth-order valence-electron chi connectivity index (χ4n) is 4.38. The van der Waals surface area contributed by atoms with E-state index in [0.717, 1.165) is 11.2 Å². The van der Waals surface area contributed by atoms with E-state index in [1.165, 1.54) is 59.2 Å². The van der Waals surface area contributed by atoms with Crippen molar-refractivity contribution in [3.05, 3.63) is 60.2 Å². The summed E-state index contributed by atoms with van der Waals surface area (Å²) in [6.45, 7) is 0. The second kappa shape index (κ2) is 5.13. The lowest BCUT2D eigenvalue weighted by molar-refractivity contribution is 0.445. The number of para-hydroxylation sites is 1. The molecule has 1 heterocycles. The van der Waals surface area contributed by atoms with Crippen LogP contribution in [0.15, 0.2) is 59.0 Å². The van der Waals surface area contributed by atoms with Crippen LogP contribution in [0.1, 0.15) is 43.6 Å². The fourth-order valence-corrected chi connectivity index (χ4v) is 4.38.